The maximum atomic E-state index is 15.0. The number of pyridine rings is 1. The van der Waals surface area contributed by atoms with Crippen molar-refractivity contribution in [1.29, 1.82) is 0 Å². The Bertz CT molecular complexity index is 1520. The second-order valence-corrected chi connectivity index (χ2v) is 11.3. The topological polar surface area (TPSA) is 111 Å². The van der Waals surface area contributed by atoms with Crippen LogP contribution in [0.25, 0.3) is 11.0 Å². The fourth-order valence-electron chi connectivity index (χ4n) is 4.28. The second kappa shape index (κ2) is 9.98. The molecule has 3 aromatic heterocycles. The molecule has 0 saturated carbocycles. The number of nitrogens with zero attached hydrogens (tertiary/aromatic N) is 5. The minimum absolute atomic E-state index is 0.122. The Kier molecular flexibility index (Phi) is 6.86. The van der Waals surface area contributed by atoms with E-state index in [0.29, 0.717) is 11.0 Å². The van der Waals surface area contributed by atoms with E-state index in [4.69, 9.17) is 10.5 Å². The molecule has 5 rings (SSSR count). The number of halogens is 4. The first-order valence-electron chi connectivity index (χ1n) is 11.3. The van der Waals surface area contributed by atoms with Gasteiger partial charge in [0.05, 0.1) is 33.2 Å². The van der Waals surface area contributed by atoms with Crippen molar-refractivity contribution in [2.45, 2.75) is 43.6 Å². The summed E-state index contributed by atoms with van der Waals surface area (Å²) < 4.78 is 61.5. The Balaban J connectivity index is 1.46. The third kappa shape index (κ3) is 5.10. The van der Waals surface area contributed by atoms with E-state index in [1.165, 1.54) is 43.6 Å². The van der Waals surface area contributed by atoms with E-state index in [1.54, 1.807) is 11.6 Å². The predicted octanol–water partition coefficient (Wildman–Crippen LogP) is 5.77. The van der Waals surface area contributed by atoms with Gasteiger partial charge in [-0.15, -0.1) is 11.3 Å². The predicted molar refractivity (Wildman–Crippen MR) is 139 cm³/mol. The molecule has 8 nitrogen and oxygen atoms in total. The number of ether oxygens (including phenoxy) is 1. The Labute approximate surface area is 222 Å². The van der Waals surface area contributed by atoms with Gasteiger partial charge in [0.15, 0.2) is 22.6 Å². The van der Waals surface area contributed by atoms with Gasteiger partial charge in [0.25, 0.3) is 6.43 Å². The van der Waals surface area contributed by atoms with E-state index in [2.05, 4.69) is 30.2 Å². The molecule has 1 aliphatic rings. The zero-order valence-electron chi connectivity index (χ0n) is 20.1. The van der Waals surface area contributed by atoms with Crippen molar-refractivity contribution in [3.63, 3.8) is 0 Å². The number of hydrogen-bond acceptors (Lipinski definition) is 10. The van der Waals surface area contributed by atoms with Gasteiger partial charge in [-0.1, -0.05) is 11.8 Å². The van der Waals surface area contributed by atoms with Gasteiger partial charge in [-0.05, 0) is 32.4 Å². The lowest BCUT2D eigenvalue weighted by molar-refractivity contribution is 0.0892. The number of thioether (sulfide) groups is 1. The number of nitrogens with two attached hydrogens (primary N) is 1. The highest BCUT2D eigenvalue weighted by atomic mass is 32.2. The fraction of sp³-hybridized carbons (Fsp3) is 0.292. The standard InChI is InChI=1S/C24H21F4N7OS2/c1-23(10-24(2,21(27)28)38-22(29)35-23)14-5-12(6-15(25)18(14)26)33-20-19-16(3-4-30-20)34-17(7-31-19)36-8-13-9-37-11-32-13/h3-7,9,11,21H,8,10H2,1-2H3,(H2,29,35)(H,30,33)/t23-,24+/m0/s1. The summed E-state index contributed by atoms with van der Waals surface area (Å²) in [5.41, 5.74) is 7.48. The Morgan fingerprint density at radius 3 is 2.74 bits per heavy atom. The molecule has 198 valence electrons. The minimum Gasteiger partial charge on any atom is -0.470 e. The lowest BCUT2D eigenvalue weighted by Crippen LogP contribution is -2.44. The summed E-state index contributed by atoms with van der Waals surface area (Å²) in [5.74, 6) is -1.87. The maximum Gasteiger partial charge on any atom is 0.253 e. The fourth-order valence-corrected chi connectivity index (χ4v) is 5.99. The van der Waals surface area contributed by atoms with Crippen LogP contribution in [0.4, 0.5) is 29.1 Å². The molecule has 1 aromatic carbocycles. The number of aliphatic imine (C=N–C) groups is 1. The van der Waals surface area contributed by atoms with Crippen LogP contribution in [0.3, 0.4) is 0 Å². The van der Waals surface area contributed by atoms with Crippen molar-refractivity contribution in [2.75, 3.05) is 5.32 Å². The first kappa shape index (κ1) is 26.1. The van der Waals surface area contributed by atoms with Crippen LogP contribution in [0.15, 0.2) is 46.5 Å². The van der Waals surface area contributed by atoms with Crippen LogP contribution in [-0.4, -0.2) is 36.3 Å². The van der Waals surface area contributed by atoms with Gasteiger partial charge in [0.1, 0.15) is 12.1 Å². The lowest BCUT2D eigenvalue weighted by Gasteiger charge is -2.40. The first-order valence-corrected chi connectivity index (χ1v) is 13.0. The zero-order chi connectivity index (χ0) is 27.1. The van der Waals surface area contributed by atoms with E-state index in [9.17, 15) is 13.2 Å². The number of anilines is 2. The molecule has 0 radical (unpaired) electrons. The van der Waals surface area contributed by atoms with E-state index < -0.39 is 28.3 Å². The molecule has 4 aromatic rings. The average Bonchev–Trinajstić information content (AvgIpc) is 3.38. The maximum absolute atomic E-state index is 15.0. The molecular formula is C24H21F4N7OS2. The van der Waals surface area contributed by atoms with Crippen LogP contribution in [0.2, 0.25) is 0 Å². The zero-order valence-corrected chi connectivity index (χ0v) is 21.7. The Morgan fingerprint density at radius 2 is 2.00 bits per heavy atom. The van der Waals surface area contributed by atoms with Crippen molar-refractivity contribution in [3.8, 4) is 5.88 Å². The van der Waals surface area contributed by atoms with Crippen molar-refractivity contribution < 1.29 is 22.3 Å². The van der Waals surface area contributed by atoms with E-state index in [1.807, 2.05) is 5.38 Å². The van der Waals surface area contributed by atoms with Crippen molar-refractivity contribution in [1.82, 2.24) is 19.9 Å². The molecule has 3 N–H and O–H groups in total. The summed E-state index contributed by atoms with van der Waals surface area (Å²) in [7, 11) is 0. The molecular weight excluding hydrogens is 542 g/mol. The Morgan fingerprint density at radius 1 is 1.18 bits per heavy atom. The molecule has 38 heavy (non-hydrogen) atoms. The minimum atomic E-state index is -2.76. The summed E-state index contributed by atoms with van der Waals surface area (Å²) in [6, 6.07) is 3.89. The lowest BCUT2D eigenvalue weighted by atomic mass is 9.82. The van der Waals surface area contributed by atoms with Crippen molar-refractivity contribution >= 4 is 50.8 Å². The highest BCUT2D eigenvalue weighted by molar-refractivity contribution is 8.15. The number of alkyl halides is 2. The van der Waals surface area contributed by atoms with E-state index >= 15 is 4.39 Å². The number of thiazole rings is 1. The molecule has 0 spiro atoms. The van der Waals surface area contributed by atoms with Gasteiger partial charge in [0, 0.05) is 28.9 Å². The number of rotatable bonds is 7. The van der Waals surface area contributed by atoms with E-state index in [0.717, 1.165) is 23.5 Å². The van der Waals surface area contributed by atoms with E-state index in [-0.39, 0.29) is 41.1 Å². The van der Waals surface area contributed by atoms with Crippen LogP contribution in [-0.2, 0) is 12.1 Å². The second-order valence-electron chi connectivity index (χ2n) is 9.06. The van der Waals surface area contributed by atoms with Crippen LogP contribution in [0.1, 0.15) is 31.5 Å². The van der Waals surface area contributed by atoms with Crippen molar-refractivity contribution in [3.05, 3.63) is 64.4 Å². The summed E-state index contributed by atoms with van der Waals surface area (Å²) in [5, 5.41) is 4.67. The number of hydrogen-bond donors (Lipinski definition) is 2. The van der Waals surface area contributed by atoms with Crippen LogP contribution in [0, 0.1) is 11.6 Å². The van der Waals surface area contributed by atoms with Gasteiger partial charge in [-0.25, -0.2) is 37.5 Å². The largest absolute Gasteiger partial charge is 0.470 e. The molecule has 1 aliphatic heterocycles. The van der Waals surface area contributed by atoms with Gasteiger partial charge >= 0.3 is 0 Å². The number of aromatic nitrogens is 4. The molecule has 0 bridgehead atoms. The van der Waals surface area contributed by atoms with Crippen LogP contribution >= 0.6 is 23.1 Å². The van der Waals surface area contributed by atoms with Gasteiger partial charge in [-0.3, -0.25) is 4.99 Å². The molecule has 0 saturated heterocycles. The number of nitrogens with one attached hydrogen (secondary N) is 1. The quantitative estimate of drug-likeness (QED) is 0.273. The van der Waals surface area contributed by atoms with Gasteiger partial charge < -0.3 is 15.8 Å². The average molecular weight is 564 g/mol. The van der Waals surface area contributed by atoms with Crippen LogP contribution in [0.5, 0.6) is 5.88 Å². The molecule has 0 fully saturated rings. The molecule has 0 aliphatic carbocycles. The van der Waals surface area contributed by atoms with Gasteiger partial charge in [0.2, 0.25) is 5.88 Å². The number of amidine groups is 1. The monoisotopic (exact) mass is 563 g/mol. The molecule has 0 unspecified atom stereocenters. The van der Waals surface area contributed by atoms with Gasteiger partial charge in [-0.2, -0.15) is 0 Å². The number of fused-ring (bicyclic) bond motifs is 1. The third-order valence-electron chi connectivity index (χ3n) is 6.01. The summed E-state index contributed by atoms with van der Waals surface area (Å²) in [6.45, 7) is 3.01. The Hall–Kier alpha value is -3.52. The van der Waals surface area contributed by atoms with Crippen molar-refractivity contribution in [2.24, 2.45) is 10.7 Å². The number of benzene rings is 1. The normalized spacial score (nSPS) is 21.5. The smallest absolute Gasteiger partial charge is 0.253 e. The summed E-state index contributed by atoms with van der Waals surface area (Å²) >= 11 is 2.17. The molecule has 4 heterocycles. The molecule has 0 amide bonds. The SMILES string of the molecule is C[C@]1(C(F)F)C[C@@](C)(c2cc(Nc3nccc4nc(OCc5cscn5)cnc34)cc(F)c2F)N=C(N)S1. The summed E-state index contributed by atoms with van der Waals surface area (Å²) in [6.07, 6.45) is -0.126. The highest BCUT2D eigenvalue weighted by Crippen LogP contribution is 2.49. The van der Waals surface area contributed by atoms with Crippen LogP contribution < -0.4 is 15.8 Å². The third-order valence-corrected chi connectivity index (χ3v) is 7.74. The molecule has 14 heteroatoms. The first-order chi connectivity index (χ1) is 18.1. The summed E-state index contributed by atoms with van der Waals surface area (Å²) in [4.78, 5) is 21.4. The highest BCUT2D eigenvalue weighted by Gasteiger charge is 2.48. The molecule has 2 atom stereocenters.